The van der Waals surface area contributed by atoms with Gasteiger partial charge in [-0.2, -0.15) is 0 Å². The number of likely N-dealkylation sites (N-methyl/N-ethyl adjacent to an activating group) is 1. The van der Waals surface area contributed by atoms with E-state index in [4.69, 9.17) is 20.8 Å². The van der Waals surface area contributed by atoms with Gasteiger partial charge in [-0.1, -0.05) is 23.7 Å². The number of halogens is 3. The fourth-order valence-corrected chi connectivity index (χ4v) is 6.57. The minimum absolute atomic E-state index is 0. The number of phenolic OH excluding ortho intramolecular Hbond substituents is 2. The third-order valence-electron chi connectivity index (χ3n) is 8.61. The van der Waals surface area contributed by atoms with Crippen molar-refractivity contribution < 1.29 is 24.2 Å². The number of hydrogen-bond donors (Lipinski definition) is 2. The molecule has 0 bridgehead atoms. The lowest BCUT2D eigenvalue weighted by Gasteiger charge is -2.38. The molecule has 240 valence electrons. The summed E-state index contributed by atoms with van der Waals surface area (Å²) in [7, 11) is 1.96. The van der Waals surface area contributed by atoms with Crippen LogP contribution in [0.2, 0.25) is 5.02 Å². The van der Waals surface area contributed by atoms with Crippen LogP contribution in [0.5, 0.6) is 11.5 Å². The zero-order valence-electron chi connectivity index (χ0n) is 24.9. The van der Waals surface area contributed by atoms with Crippen LogP contribution in [0.3, 0.4) is 0 Å². The van der Waals surface area contributed by atoms with E-state index in [1.54, 1.807) is 30.5 Å². The van der Waals surface area contributed by atoms with Gasteiger partial charge < -0.3 is 29.2 Å². The molecule has 2 saturated heterocycles. The first-order valence-electron chi connectivity index (χ1n) is 14.5. The van der Waals surface area contributed by atoms with Crippen LogP contribution in [0.25, 0.3) is 22.3 Å². The van der Waals surface area contributed by atoms with Gasteiger partial charge in [0, 0.05) is 66.4 Å². The summed E-state index contributed by atoms with van der Waals surface area (Å²) >= 11 is 6.40. The lowest BCUT2D eigenvalue weighted by Crippen LogP contribution is -2.45. The van der Waals surface area contributed by atoms with E-state index < -0.39 is 17.5 Å². The normalized spacial score (nSPS) is 19.0. The highest BCUT2D eigenvalue weighted by atomic mass is 35.5. The summed E-state index contributed by atoms with van der Waals surface area (Å²) < 4.78 is 12.4. The number of aromatic hydroxyl groups is 2. The molecule has 2 aliphatic heterocycles. The maximum absolute atomic E-state index is 13.5. The molecule has 0 unspecified atom stereocenters. The first kappa shape index (κ1) is 34.4. The number of nitrogens with zero attached hydrogens (tertiary/aromatic N) is 3. The van der Waals surface area contributed by atoms with Crippen LogP contribution in [0.4, 0.5) is 5.69 Å². The Labute approximate surface area is 278 Å². The molecule has 2 N–H and O–H groups in total. The van der Waals surface area contributed by atoms with Gasteiger partial charge in [0.2, 0.25) is 0 Å². The van der Waals surface area contributed by atoms with Crippen LogP contribution >= 0.6 is 36.4 Å². The number of aryl methyl sites for hydroxylation is 1. The van der Waals surface area contributed by atoms with Crippen molar-refractivity contribution in [2.24, 2.45) is 5.92 Å². The lowest BCUT2D eigenvalue weighted by molar-refractivity contribution is -0.158. The third kappa shape index (κ3) is 7.02. The second-order valence-electron chi connectivity index (χ2n) is 11.5. The Morgan fingerprint density at radius 1 is 1.02 bits per heavy atom. The van der Waals surface area contributed by atoms with Crippen molar-refractivity contribution in [2.75, 3.05) is 38.1 Å². The van der Waals surface area contributed by atoms with Crippen molar-refractivity contribution in [3.05, 3.63) is 81.2 Å². The molecule has 0 spiro atoms. The first-order valence-corrected chi connectivity index (χ1v) is 14.9. The summed E-state index contributed by atoms with van der Waals surface area (Å²) in [5.41, 5.74) is 2.50. The van der Waals surface area contributed by atoms with Crippen LogP contribution in [0, 0.1) is 12.8 Å². The molecule has 6 rings (SSSR count). The van der Waals surface area contributed by atoms with Crippen molar-refractivity contribution in [1.82, 2.24) is 9.88 Å². The molecule has 0 saturated carbocycles. The second kappa shape index (κ2) is 14.3. The molecule has 0 amide bonds. The van der Waals surface area contributed by atoms with Gasteiger partial charge in [-0.25, -0.2) is 0 Å². The summed E-state index contributed by atoms with van der Waals surface area (Å²) in [6.07, 6.45) is 3.07. The van der Waals surface area contributed by atoms with Crippen LogP contribution in [0.1, 0.15) is 36.4 Å². The fourth-order valence-electron chi connectivity index (χ4n) is 6.34. The summed E-state index contributed by atoms with van der Waals surface area (Å²) in [5, 5.41) is 22.2. The number of carbonyl (C=O) groups excluding carboxylic acids is 1. The molecule has 9 nitrogen and oxygen atoms in total. The zero-order valence-corrected chi connectivity index (χ0v) is 27.3. The predicted molar refractivity (Wildman–Crippen MR) is 179 cm³/mol. The molecule has 4 aromatic rings. The largest absolute Gasteiger partial charge is 0.507 e. The number of piperidine rings is 2. The van der Waals surface area contributed by atoms with E-state index in [0.29, 0.717) is 48.5 Å². The van der Waals surface area contributed by atoms with Crippen LogP contribution in [0.15, 0.2) is 63.9 Å². The van der Waals surface area contributed by atoms with Crippen LogP contribution in [-0.4, -0.2) is 65.4 Å². The molecule has 0 radical (unpaired) electrons. The number of esters is 1. The van der Waals surface area contributed by atoms with Gasteiger partial charge >= 0.3 is 5.97 Å². The summed E-state index contributed by atoms with van der Waals surface area (Å²) in [4.78, 5) is 35.4. The SMILES string of the molecule is Cc1cc(N2CCC(C(=O)O[C@@H]3CN(C)CC[C@@H]3c3c(O)cc(O)c4c(=O)cc(-c5ccccc5Cl)oc34)CC2)ccn1.Cl.Cl. The highest BCUT2D eigenvalue weighted by Crippen LogP contribution is 2.44. The molecule has 2 fully saturated rings. The average molecular weight is 677 g/mol. The molecular formula is C33H36Cl3N3O6. The maximum atomic E-state index is 13.5. The molecule has 2 atom stereocenters. The minimum atomic E-state index is -0.597. The fraction of sp³-hybridized carbons (Fsp3) is 0.364. The van der Waals surface area contributed by atoms with Crippen LogP contribution < -0.4 is 10.3 Å². The number of ether oxygens (including phenoxy) is 1. The third-order valence-corrected chi connectivity index (χ3v) is 8.94. The number of hydrogen-bond acceptors (Lipinski definition) is 9. The van der Waals surface area contributed by atoms with Gasteiger partial charge in [0.05, 0.1) is 10.9 Å². The number of likely N-dealkylation sites (tertiary alicyclic amines) is 1. The smallest absolute Gasteiger partial charge is 0.309 e. The summed E-state index contributed by atoms with van der Waals surface area (Å²) in [6, 6.07) is 13.5. The first-order chi connectivity index (χ1) is 20.7. The Morgan fingerprint density at radius 3 is 2.47 bits per heavy atom. The Bertz CT molecular complexity index is 1740. The molecule has 45 heavy (non-hydrogen) atoms. The monoisotopic (exact) mass is 675 g/mol. The summed E-state index contributed by atoms with van der Waals surface area (Å²) in [5.74, 6) is -1.37. The molecule has 2 aromatic heterocycles. The van der Waals surface area contributed by atoms with Gasteiger partial charge in [0.15, 0.2) is 5.43 Å². The van der Waals surface area contributed by atoms with E-state index in [1.807, 2.05) is 26.1 Å². The van der Waals surface area contributed by atoms with Crippen LogP contribution in [-0.2, 0) is 9.53 Å². The highest BCUT2D eigenvalue weighted by molar-refractivity contribution is 6.33. The van der Waals surface area contributed by atoms with E-state index in [-0.39, 0.29) is 64.9 Å². The van der Waals surface area contributed by atoms with Crippen molar-refractivity contribution in [3.63, 3.8) is 0 Å². The van der Waals surface area contributed by atoms with Gasteiger partial charge in [-0.3, -0.25) is 14.6 Å². The number of rotatable bonds is 5. The Morgan fingerprint density at radius 2 is 1.76 bits per heavy atom. The number of fused-ring (bicyclic) bond motifs is 1. The molecule has 12 heteroatoms. The Hall–Kier alpha value is -3.50. The van der Waals surface area contributed by atoms with Gasteiger partial charge in [0.25, 0.3) is 0 Å². The number of anilines is 1. The van der Waals surface area contributed by atoms with E-state index in [1.165, 1.54) is 6.07 Å². The van der Waals surface area contributed by atoms with E-state index >= 15 is 0 Å². The minimum Gasteiger partial charge on any atom is -0.507 e. The number of phenols is 2. The Kier molecular flexibility index (Phi) is 10.9. The van der Waals surface area contributed by atoms with Crippen molar-refractivity contribution in [1.29, 1.82) is 0 Å². The van der Waals surface area contributed by atoms with Gasteiger partial charge in [-0.15, -0.1) is 24.8 Å². The average Bonchev–Trinajstić information content (AvgIpc) is 2.98. The predicted octanol–water partition coefficient (Wildman–Crippen LogP) is 6.32. The van der Waals surface area contributed by atoms with E-state index in [9.17, 15) is 19.8 Å². The molecule has 4 heterocycles. The molecular weight excluding hydrogens is 641 g/mol. The lowest BCUT2D eigenvalue weighted by atomic mass is 9.85. The zero-order chi connectivity index (χ0) is 30.2. The van der Waals surface area contributed by atoms with Crippen molar-refractivity contribution in [3.8, 4) is 22.8 Å². The number of carbonyl (C=O) groups is 1. The highest BCUT2D eigenvalue weighted by Gasteiger charge is 2.38. The maximum Gasteiger partial charge on any atom is 0.309 e. The number of benzene rings is 2. The number of aromatic nitrogens is 1. The topological polar surface area (TPSA) is 116 Å². The number of pyridine rings is 1. The molecule has 2 aliphatic rings. The van der Waals surface area contributed by atoms with E-state index in [0.717, 1.165) is 30.5 Å². The van der Waals surface area contributed by atoms with E-state index in [2.05, 4.69) is 14.8 Å². The molecule has 2 aromatic carbocycles. The van der Waals surface area contributed by atoms with Crippen molar-refractivity contribution >= 4 is 59.0 Å². The molecule has 0 aliphatic carbocycles. The second-order valence-corrected chi connectivity index (χ2v) is 11.9. The summed E-state index contributed by atoms with van der Waals surface area (Å²) in [6.45, 7) is 4.55. The van der Waals surface area contributed by atoms with Gasteiger partial charge in [0.1, 0.15) is 34.3 Å². The quantitative estimate of drug-likeness (QED) is 0.234. The standard InChI is InChI=1S/C33H34ClN3O6.2ClH/c1-19-15-21(7-11-35-19)37-13-8-20(9-14-37)33(41)43-29-18-36(2)12-10-23(29)30-25(38)16-26(39)31-27(40)17-28(42-32(30)31)22-5-3-4-6-24(22)34;;/h3-7,11,15-17,20,23,29,38-39H,8-10,12-14,18H2,1-2H3;2*1H/t23-,29+;;/m0../s1. The Balaban J connectivity index is 0.00000230. The van der Waals surface area contributed by atoms with Crippen molar-refractivity contribution in [2.45, 2.75) is 38.2 Å². The van der Waals surface area contributed by atoms with Gasteiger partial charge in [-0.05, 0) is 64.0 Å².